The van der Waals surface area contributed by atoms with E-state index in [1.807, 2.05) is 6.92 Å². The summed E-state index contributed by atoms with van der Waals surface area (Å²) in [6.45, 7) is 5.77. The van der Waals surface area contributed by atoms with Gasteiger partial charge in [0.25, 0.3) is 0 Å². The minimum Gasteiger partial charge on any atom is -0.494 e. The first-order chi connectivity index (χ1) is 18.3. The van der Waals surface area contributed by atoms with Crippen LogP contribution in [0.5, 0.6) is 17.2 Å². The number of hydrogen-bond donors (Lipinski definition) is 0. The summed E-state index contributed by atoms with van der Waals surface area (Å²) in [7, 11) is 0. The molecule has 194 valence electrons. The van der Waals surface area contributed by atoms with Gasteiger partial charge in [-0.1, -0.05) is 36.9 Å². The van der Waals surface area contributed by atoms with Gasteiger partial charge >= 0.3 is 5.97 Å². The number of carbonyl (C=O) groups excluding carboxylic acids is 1. The molecule has 0 bridgehead atoms. The van der Waals surface area contributed by atoms with Crippen LogP contribution in [0.2, 0.25) is 0 Å². The van der Waals surface area contributed by atoms with Gasteiger partial charge in [-0.25, -0.2) is 13.6 Å². The molecule has 0 unspecified atom stereocenters. The summed E-state index contributed by atoms with van der Waals surface area (Å²) in [5.41, 5.74) is 0.639. The van der Waals surface area contributed by atoms with Gasteiger partial charge in [-0.05, 0) is 66.6 Å². The summed E-state index contributed by atoms with van der Waals surface area (Å²) in [5, 5.41) is 0. The summed E-state index contributed by atoms with van der Waals surface area (Å²) in [4.78, 5) is 12.6. The number of esters is 1. The van der Waals surface area contributed by atoms with E-state index in [-0.39, 0.29) is 34.6 Å². The van der Waals surface area contributed by atoms with Crippen molar-refractivity contribution in [2.45, 2.75) is 6.92 Å². The Morgan fingerprint density at radius 2 is 1.24 bits per heavy atom. The molecule has 0 spiro atoms. The summed E-state index contributed by atoms with van der Waals surface area (Å²) in [5.74, 6) is -5.97. The van der Waals surface area contributed by atoms with Gasteiger partial charge in [-0.3, -0.25) is 0 Å². The molecule has 4 aromatic rings. The quantitative estimate of drug-likeness (QED) is 0.0976. The number of carbonyl (C=O) groups is 1. The average molecular weight is 522 g/mol. The van der Waals surface area contributed by atoms with E-state index < -0.39 is 35.0 Å². The van der Waals surface area contributed by atoms with E-state index in [9.17, 15) is 22.4 Å². The monoisotopic (exact) mass is 522 g/mol. The number of ether oxygens (including phenoxy) is 3. The predicted octanol–water partition coefficient (Wildman–Crippen LogP) is 7.76. The first kappa shape index (κ1) is 26.5. The zero-order valence-electron chi connectivity index (χ0n) is 20.3. The number of halogens is 4. The summed E-state index contributed by atoms with van der Waals surface area (Å²) < 4.78 is 73.9. The molecule has 0 N–H and O–H groups in total. The van der Waals surface area contributed by atoms with Crippen LogP contribution in [0.15, 0.2) is 85.5 Å². The molecule has 4 nitrogen and oxygen atoms in total. The van der Waals surface area contributed by atoms with E-state index in [4.69, 9.17) is 14.2 Å². The van der Waals surface area contributed by atoms with E-state index in [1.54, 1.807) is 24.3 Å². The van der Waals surface area contributed by atoms with Crippen molar-refractivity contribution in [3.05, 3.63) is 114 Å². The van der Waals surface area contributed by atoms with Crippen LogP contribution in [0.1, 0.15) is 17.3 Å². The Morgan fingerprint density at radius 1 is 0.711 bits per heavy atom. The average Bonchev–Trinajstić information content (AvgIpc) is 2.93. The van der Waals surface area contributed by atoms with Crippen LogP contribution in [-0.4, -0.2) is 19.2 Å². The first-order valence-electron chi connectivity index (χ1n) is 11.6. The molecule has 0 aliphatic carbocycles. The second-order valence-electron chi connectivity index (χ2n) is 8.00. The normalized spacial score (nSPS) is 10.7. The second kappa shape index (κ2) is 11.6. The van der Waals surface area contributed by atoms with Gasteiger partial charge in [0.1, 0.15) is 12.4 Å². The van der Waals surface area contributed by atoms with Crippen LogP contribution in [0, 0.1) is 23.3 Å². The molecule has 0 saturated carbocycles. The second-order valence-corrected chi connectivity index (χ2v) is 8.00. The van der Waals surface area contributed by atoms with Crippen molar-refractivity contribution in [2.75, 3.05) is 13.2 Å². The lowest BCUT2D eigenvalue weighted by Crippen LogP contribution is -2.10. The van der Waals surface area contributed by atoms with Crippen molar-refractivity contribution in [1.29, 1.82) is 0 Å². The summed E-state index contributed by atoms with van der Waals surface area (Å²) in [6.07, 6.45) is 1.40. The molecule has 38 heavy (non-hydrogen) atoms. The van der Waals surface area contributed by atoms with Crippen molar-refractivity contribution in [3.63, 3.8) is 0 Å². The molecule has 0 heterocycles. The minimum absolute atomic E-state index is 0.00374. The lowest BCUT2D eigenvalue weighted by atomic mass is 10.0. The highest BCUT2D eigenvalue weighted by molar-refractivity contribution is 5.91. The number of benzene rings is 4. The largest absolute Gasteiger partial charge is 0.494 e. The SMILES string of the molecule is C=CCOc1ccc(-c2ccc(C(=O)Oc3ccc(-c4ccc(OCC)cc4)c(F)c3F)cc2)c(F)c1F. The maximum atomic E-state index is 14.8. The lowest BCUT2D eigenvalue weighted by Gasteiger charge is -2.11. The van der Waals surface area contributed by atoms with E-state index in [1.165, 1.54) is 48.5 Å². The molecule has 0 aromatic heterocycles. The molecule has 0 radical (unpaired) electrons. The third-order valence-corrected chi connectivity index (χ3v) is 5.56. The fraction of sp³-hybridized carbons (Fsp3) is 0.100. The Kier molecular flexibility index (Phi) is 8.11. The highest BCUT2D eigenvalue weighted by atomic mass is 19.2. The van der Waals surface area contributed by atoms with E-state index in [0.29, 0.717) is 17.9 Å². The van der Waals surface area contributed by atoms with Crippen molar-refractivity contribution >= 4 is 5.97 Å². The molecule has 0 aliphatic heterocycles. The Morgan fingerprint density at radius 3 is 1.79 bits per heavy atom. The van der Waals surface area contributed by atoms with Gasteiger partial charge in [-0.15, -0.1) is 0 Å². The molecule has 4 rings (SSSR count). The third-order valence-electron chi connectivity index (χ3n) is 5.56. The van der Waals surface area contributed by atoms with Gasteiger partial charge in [-0.2, -0.15) is 8.78 Å². The molecular weight excluding hydrogens is 500 g/mol. The van der Waals surface area contributed by atoms with E-state index in [2.05, 4.69) is 6.58 Å². The Balaban J connectivity index is 1.50. The maximum Gasteiger partial charge on any atom is 0.343 e. The van der Waals surface area contributed by atoms with Crippen LogP contribution < -0.4 is 14.2 Å². The molecule has 8 heteroatoms. The summed E-state index contributed by atoms with van der Waals surface area (Å²) >= 11 is 0. The first-order valence-corrected chi connectivity index (χ1v) is 11.6. The molecule has 0 atom stereocenters. The molecular formula is C30H22F4O4. The Bertz CT molecular complexity index is 1470. The van der Waals surface area contributed by atoms with Crippen molar-refractivity contribution in [2.24, 2.45) is 0 Å². The number of hydrogen-bond acceptors (Lipinski definition) is 4. The van der Waals surface area contributed by atoms with E-state index in [0.717, 1.165) is 6.07 Å². The predicted molar refractivity (Wildman–Crippen MR) is 135 cm³/mol. The molecule has 0 aliphatic rings. The van der Waals surface area contributed by atoms with Crippen molar-refractivity contribution in [1.82, 2.24) is 0 Å². The van der Waals surface area contributed by atoms with Gasteiger partial charge in [0, 0.05) is 11.1 Å². The Labute approximate surface area is 216 Å². The zero-order chi connectivity index (χ0) is 27.2. The van der Waals surface area contributed by atoms with Crippen LogP contribution in [0.25, 0.3) is 22.3 Å². The highest BCUT2D eigenvalue weighted by Gasteiger charge is 2.20. The third kappa shape index (κ3) is 5.54. The van der Waals surface area contributed by atoms with Gasteiger partial charge in [0.05, 0.1) is 12.2 Å². The number of rotatable bonds is 9. The summed E-state index contributed by atoms with van der Waals surface area (Å²) in [6, 6.07) is 16.9. The van der Waals surface area contributed by atoms with E-state index >= 15 is 0 Å². The fourth-order valence-electron chi connectivity index (χ4n) is 3.69. The van der Waals surface area contributed by atoms with Crippen LogP contribution in [-0.2, 0) is 0 Å². The lowest BCUT2D eigenvalue weighted by molar-refractivity contribution is 0.0726. The smallest absolute Gasteiger partial charge is 0.343 e. The van der Waals surface area contributed by atoms with Crippen molar-refractivity contribution in [3.8, 4) is 39.5 Å². The Hall–Kier alpha value is -4.59. The molecule has 4 aromatic carbocycles. The molecule has 0 amide bonds. The molecule has 0 fully saturated rings. The van der Waals surface area contributed by atoms with Gasteiger partial charge < -0.3 is 14.2 Å². The zero-order valence-corrected chi connectivity index (χ0v) is 20.3. The van der Waals surface area contributed by atoms with Gasteiger partial charge in [0.2, 0.25) is 11.6 Å². The van der Waals surface area contributed by atoms with Crippen LogP contribution >= 0.6 is 0 Å². The molecule has 0 saturated heterocycles. The highest BCUT2D eigenvalue weighted by Crippen LogP contribution is 2.32. The minimum atomic E-state index is -1.32. The van der Waals surface area contributed by atoms with Crippen molar-refractivity contribution < 1.29 is 36.6 Å². The van der Waals surface area contributed by atoms with Crippen LogP contribution in [0.3, 0.4) is 0 Å². The standard InChI is InChI=1S/C30H22F4O4/c1-3-17-37-24-15-13-22(26(31)28(24)33)18-5-7-20(8-6-18)30(35)38-25-16-14-23(27(32)29(25)34)19-9-11-21(12-10-19)36-4-2/h3,5-16H,1,4,17H2,2H3. The van der Waals surface area contributed by atoms with Gasteiger partial charge in [0.15, 0.2) is 23.1 Å². The maximum absolute atomic E-state index is 14.8. The topological polar surface area (TPSA) is 44.8 Å². The van der Waals surface area contributed by atoms with Crippen LogP contribution in [0.4, 0.5) is 17.6 Å². The fourth-order valence-corrected chi connectivity index (χ4v) is 3.69.